The number of amides is 1. The number of carbonyl (C=O) groups is 1. The van der Waals surface area contributed by atoms with Gasteiger partial charge >= 0.3 is 0 Å². The monoisotopic (exact) mass is 870 g/mol. The first kappa shape index (κ1) is 60.6. The molecule has 0 aromatic carbocycles. The maximum Gasteiger partial charge on any atom is 0.220 e. The zero-order valence-electron chi connectivity index (χ0n) is 42.2. The van der Waals surface area contributed by atoms with Crippen LogP contribution in [0.5, 0.6) is 0 Å². The molecule has 0 radical (unpaired) electrons. The van der Waals surface area contributed by atoms with E-state index in [9.17, 15) is 15.0 Å². The van der Waals surface area contributed by atoms with Crippen LogP contribution in [0, 0.1) is 0 Å². The van der Waals surface area contributed by atoms with Crippen LogP contribution in [0.25, 0.3) is 0 Å². The third-order valence-electron chi connectivity index (χ3n) is 13.2. The Labute approximate surface area is 389 Å². The summed E-state index contributed by atoms with van der Waals surface area (Å²) in [7, 11) is 0. The molecule has 2 atom stereocenters. The minimum Gasteiger partial charge on any atom is -0.394 e. The van der Waals surface area contributed by atoms with Crippen LogP contribution in [0.1, 0.15) is 309 Å². The summed E-state index contributed by atoms with van der Waals surface area (Å²) in [6.45, 7) is 4.37. The van der Waals surface area contributed by atoms with Crippen molar-refractivity contribution in [3.8, 4) is 0 Å². The summed E-state index contributed by atoms with van der Waals surface area (Å²) < 4.78 is 0. The molecular formula is C58H111NO3. The van der Waals surface area contributed by atoms with E-state index in [1.54, 1.807) is 0 Å². The van der Waals surface area contributed by atoms with Crippen molar-refractivity contribution in [2.45, 2.75) is 321 Å². The van der Waals surface area contributed by atoms with Gasteiger partial charge in [-0.1, -0.05) is 288 Å². The number of hydrogen-bond donors (Lipinski definition) is 3. The highest BCUT2D eigenvalue weighted by atomic mass is 16.3. The molecule has 0 aromatic heterocycles. The first-order chi connectivity index (χ1) is 30.7. The molecule has 1 amide bonds. The molecule has 0 aliphatic heterocycles. The lowest BCUT2D eigenvalue weighted by Crippen LogP contribution is -2.45. The van der Waals surface area contributed by atoms with E-state index in [1.165, 1.54) is 244 Å². The molecule has 0 aliphatic carbocycles. The third-order valence-corrected chi connectivity index (χ3v) is 13.2. The summed E-state index contributed by atoms with van der Waals surface area (Å²) in [6, 6.07) is -0.542. The molecule has 0 bridgehead atoms. The molecule has 366 valence electrons. The molecule has 4 nitrogen and oxygen atoms in total. The van der Waals surface area contributed by atoms with Crippen molar-refractivity contribution < 1.29 is 15.0 Å². The Hall–Kier alpha value is -1.39. The molecule has 0 heterocycles. The Balaban J connectivity index is 3.46. The minimum atomic E-state index is -0.664. The van der Waals surface area contributed by atoms with Gasteiger partial charge in [0.05, 0.1) is 18.8 Å². The van der Waals surface area contributed by atoms with Crippen LogP contribution in [0.2, 0.25) is 0 Å². The highest BCUT2D eigenvalue weighted by Gasteiger charge is 2.20. The van der Waals surface area contributed by atoms with Gasteiger partial charge in [-0.2, -0.15) is 0 Å². The number of aliphatic hydroxyl groups is 2. The van der Waals surface area contributed by atoms with E-state index in [0.717, 1.165) is 38.5 Å². The molecule has 62 heavy (non-hydrogen) atoms. The largest absolute Gasteiger partial charge is 0.394 e. The molecule has 0 rings (SSSR count). The molecular weight excluding hydrogens is 759 g/mol. The van der Waals surface area contributed by atoms with Gasteiger partial charge in [-0.15, -0.1) is 0 Å². The zero-order valence-corrected chi connectivity index (χ0v) is 42.2. The molecule has 0 spiro atoms. The summed E-state index contributed by atoms with van der Waals surface area (Å²) in [5.74, 6) is -0.0350. The van der Waals surface area contributed by atoms with E-state index in [2.05, 4.69) is 55.6 Å². The Morgan fingerprint density at radius 2 is 0.661 bits per heavy atom. The average molecular weight is 871 g/mol. The standard InChI is InChI=1S/C58H111NO3/c1-3-5-7-9-11-13-15-17-19-21-23-25-27-28-29-30-32-33-35-37-39-41-43-45-47-49-51-53-57(61)56(55-60)59-58(62)54-52-50-48-46-44-42-40-38-36-34-31-26-24-22-20-18-16-14-12-10-8-6-4-2/h16,18,22,24,31,34,56-57,60-61H,3-15,17,19-21,23,25-30,32-33,35-55H2,1-2H3,(H,59,62)/b18-16-,24-22-,34-31-. The van der Waals surface area contributed by atoms with Gasteiger partial charge in [0, 0.05) is 6.42 Å². The van der Waals surface area contributed by atoms with Crippen molar-refractivity contribution >= 4 is 5.91 Å². The van der Waals surface area contributed by atoms with Crippen LogP contribution in [0.15, 0.2) is 36.5 Å². The molecule has 4 heteroatoms. The van der Waals surface area contributed by atoms with E-state index in [1.807, 2.05) is 0 Å². The minimum absolute atomic E-state index is 0.0350. The summed E-state index contributed by atoms with van der Waals surface area (Å²) in [4.78, 5) is 12.5. The Morgan fingerprint density at radius 3 is 0.984 bits per heavy atom. The first-order valence-corrected chi connectivity index (χ1v) is 28.2. The van der Waals surface area contributed by atoms with Gasteiger partial charge in [0.25, 0.3) is 0 Å². The van der Waals surface area contributed by atoms with Crippen molar-refractivity contribution in [1.29, 1.82) is 0 Å². The number of unbranched alkanes of at least 4 members (excludes halogenated alkanes) is 39. The predicted molar refractivity (Wildman–Crippen MR) is 276 cm³/mol. The second-order valence-corrected chi connectivity index (χ2v) is 19.4. The number of nitrogens with one attached hydrogen (secondary N) is 1. The Morgan fingerprint density at radius 1 is 0.387 bits per heavy atom. The topological polar surface area (TPSA) is 69.6 Å². The predicted octanol–water partition coefficient (Wildman–Crippen LogP) is 18.5. The van der Waals surface area contributed by atoms with Crippen LogP contribution >= 0.6 is 0 Å². The van der Waals surface area contributed by atoms with Crippen LogP contribution in [-0.4, -0.2) is 34.9 Å². The maximum absolute atomic E-state index is 12.5. The quantitative estimate of drug-likeness (QED) is 0.0421. The maximum atomic E-state index is 12.5. The van der Waals surface area contributed by atoms with E-state index in [-0.39, 0.29) is 12.5 Å². The number of allylic oxidation sites excluding steroid dienone is 6. The van der Waals surface area contributed by atoms with Crippen molar-refractivity contribution in [3.05, 3.63) is 36.5 Å². The molecule has 0 saturated heterocycles. The fourth-order valence-corrected chi connectivity index (χ4v) is 8.84. The molecule has 0 saturated carbocycles. The average Bonchev–Trinajstić information content (AvgIpc) is 3.28. The van der Waals surface area contributed by atoms with Gasteiger partial charge in [0.2, 0.25) is 5.91 Å². The number of aliphatic hydroxyl groups excluding tert-OH is 2. The smallest absolute Gasteiger partial charge is 0.220 e. The molecule has 0 aromatic rings. The highest BCUT2D eigenvalue weighted by Crippen LogP contribution is 2.18. The van der Waals surface area contributed by atoms with E-state index in [0.29, 0.717) is 12.8 Å². The zero-order chi connectivity index (χ0) is 44.9. The van der Waals surface area contributed by atoms with Gasteiger partial charge < -0.3 is 15.5 Å². The van der Waals surface area contributed by atoms with Crippen LogP contribution in [-0.2, 0) is 4.79 Å². The van der Waals surface area contributed by atoms with Gasteiger partial charge in [-0.3, -0.25) is 4.79 Å². The first-order valence-electron chi connectivity index (χ1n) is 28.2. The van der Waals surface area contributed by atoms with E-state index in [4.69, 9.17) is 0 Å². The van der Waals surface area contributed by atoms with Crippen LogP contribution < -0.4 is 5.32 Å². The third kappa shape index (κ3) is 49.6. The molecule has 3 N–H and O–H groups in total. The second-order valence-electron chi connectivity index (χ2n) is 19.4. The normalized spacial score (nSPS) is 13.0. The summed E-state index contributed by atoms with van der Waals surface area (Å²) in [6.07, 6.45) is 72.7. The van der Waals surface area contributed by atoms with Gasteiger partial charge in [0.15, 0.2) is 0 Å². The van der Waals surface area contributed by atoms with Crippen LogP contribution in [0.3, 0.4) is 0 Å². The van der Waals surface area contributed by atoms with E-state index < -0.39 is 12.1 Å². The summed E-state index contributed by atoms with van der Waals surface area (Å²) >= 11 is 0. The van der Waals surface area contributed by atoms with Gasteiger partial charge in [-0.05, 0) is 51.4 Å². The fraction of sp³-hybridized carbons (Fsp3) is 0.879. The fourth-order valence-electron chi connectivity index (χ4n) is 8.84. The number of carbonyl (C=O) groups excluding carboxylic acids is 1. The summed E-state index contributed by atoms with van der Waals surface area (Å²) in [5, 5.41) is 23.3. The number of hydrogen-bond acceptors (Lipinski definition) is 3. The highest BCUT2D eigenvalue weighted by molar-refractivity contribution is 5.76. The van der Waals surface area contributed by atoms with Crippen molar-refractivity contribution in [2.75, 3.05) is 6.61 Å². The summed E-state index contributed by atoms with van der Waals surface area (Å²) in [5.41, 5.74) is 0. The lowest BCUT2D eigenvalue weighted by molar-refractivity contribution is -0.123. The second kappa shape index (κ2) is 53.9. The Bertz CT molecular complexity index is 943. The molecule has 0 fully saturated rings. The van der Waals surface area contributed by atoms with Gasteiger partial charge in [0.1, 0.15) is 0 Å². The lowest BCUT2D eigenvalue weighted by atomic mass is 10.0. The van der Waals surface area contributed by atoms with Crippen molar-refractivity contribution in [2.24, 2.45) is 0 Å². The SMILES string of the molecule is CCCCCCC/C=C\C/C=C\C/C=C\CCCCCCCCCCC(=O)NC(CO)C(O)CCCCCCCCCCCCCCCCCCCCCCCCCCCCC. The Kier molecular flexibility index (Phi) is 52.7. The van der Waals surface area contributed by atoms with E-state index >= 15 is 0 Å². The molecule has 0 aliphatic rings. The van der Waals surface area contributed by atoms with Crippen LogP contribution in [0.4, 0.5) is 0 Å². The molecule has 2 unspecified atom stereocenters. The lowest BCUT2D eigenvalue weighted by Gasteiger charge is -2.22. The van der Waals surface area contributed by atoms with Crippen molar-refractivity contribution in [1.82, 2.24) is 5.32 Å². The number of rotatable bonds is 52. The van der Waals surface area contributed by atoms with Crippen molar-refractivity contribution in [3.63, 3.8) is 0 Å². The van der Waals surface area contributed by atoms with Gasteiger partial charge in [-0.25, -0.2) is 0 Å².